The summed E-state index contributed by atoms with van der Waals surface area (Å²) in [4.78, 5) is 0. The summed E-state index contributed by atoms with van der Waals surface area (Å²) in [5.74, 6) is 0. The second kappa shape index (κ2) is 29.0. The monoisotopic (exact) mass is 684 g/mol. The van der Waals surface area contributed by atoms with Crippen molar-refractivity contribution in [3.05, 3.63) is 101 Å². The third-order valence-corrected chi connectivity index (χ3v) is 8.76. The average Bonchev–Trinajstić information content (AvgIpc) is 3.36. The fourth-order valence-corrected chi connectivity index (χ4v) is 5.91. The Kier molecular flexibility index (Phi) is 27.8. The SMILES string of the molecule is CCCCCCCCc1cccc(C2=C(CCCC)C(CCCC)=C(c3cccc(CC)c3)[N+]2=[N-])c1.[CH2-]CCCC.[CH2-]CCCC.[Ni+2]. The zero-order valence-electron chi connectivity index (χ0n) is 31.4. The van der Waals surface area contributed by atoms with Gasteiger partial charge in [-0.2, -0.15) is 12.8 Å². The molecule has 3 heteroatoms. The first-order valence-electron chi connectivity index (χ1n) is 19.2. The predicted octanol–water partition coefficient (Wildman–Crippen LogP) is 14.7. The molecule has 0 unspecified atom stereocenters. The molecule has 0 radical (unpaired) electrons. The predicted molar refractivity (Wildman–Crippen MR) is 206 cm³/mol. The molecule has 1 aliphatic heterocycles. The van der Waals surface area contributed by atoms with Crippen LogP contribution in [0, 0.1) is 13.8 Å². The van der Waals surface area contributed by atoms with Gasteiger partial charge in [0.15, 0.2) is 0 Å². The minimum atomic E-state index is 0. The van der Waals surface area contributed by atoms with E-state index in [1.54, 1.807) is 0 Å². The molecule has 3 rings (SSSR count). The maximum Gasteiger partial charge on any atom is 2.00 e. The van der Waals surface area contributed by atoms with Crippen LogP contribution < -0.4 is 0 Å². The van der Waals surface area contributed by atoms with Gasteiger partial charge in [0.2, 0.25) is 11.4 Å². The number of hydrogen-bond acceptors (Lipinski definition) is 0. The van der Waals surface area contributed by atoms with E-state index in [2.05, 4.69) is 104 Å². The molecule has 0 saturated heterocycles. The Morgan fingerprint density at radius 3 is 1.36 bits per heavy atom. The summed E-state index contributed by atoms with van der Waals surface area (Å²) in [6.07, 6.45) is 23.9. The zero-order valence-corrected chi connectivity index (χ0v) is 32.4. The zero-order chi connectivity index (χ0) is 34.0. The van der Waals surface area contributed by atoms with Gasteiger partial charge >= 0.3 is 16.5 Å². The van der Waals surface area contributed by atoms with Crippen LogP contribution in [-0.4, -0.2) is 4.70 Å². The molecule has 0 fully saturated rings. The molecule has 0 aliphatic carbocycles. The molecule has 0 amide bonds. The first-order valence-corrected chi connectivity index (χ1v) is 19.2. The van der Waals surface area contributed by atoms with Gasteiger partial charge in [0.05, 0.1) is 0 Å². The minimum Gasteiger partial charge on any atom is -0.493 e. The molecule has 1 aliphatic rings. The van der Waals surface area contributed by atoms with Gasteiger partial charge in [0, 0.05) is 22.3 Å². The quantitative estimate of drug-likeness (QED) is 0.0574. The molecule has 0 atom stereocenters. The van der Waals surface area contributed by atoms with E-state index in [1.165, 1.54) is 91.2 Å². The van der Waals surface area contributed by atoms with Crippen LogP contribution >= 0.6 is 0 Å². The van der Waals surface area contributed by atoms with Crippen LogP contribution in [0.5, 0.6) is 0 Å². The molecule has 0 N–H and O–H groups in total. The fourth-order valence-electron chi connectivity index (χ4n) is 5.91. The minimum absolute atomic E-state index is 0. The number of rotatable bonds is 20. The maximum absolute atomic E-state index is 11.8. The largest absolute Gasteiger partial charge is 2.00 e. The van der Waals surface area contributed by atoms with Gasteiger partial charge in [-0.3, -0.25) is 0 Å². The molecular formula is C44H70N2Ni. The third kappa shape index (κ3) is 16.8. The summed E-state index contributed by atoms with van der Waals surface area (Å²) in [6.45, 7) is 20.7. The summed E-state index contributed by atoms with van der Waals surface area (Å²) < 4.78 is 1.54. The van der Waals surface area contributed by atoms with Crippen LogP contribution in [0.1, 0.15) is 179 Å². The Hall–Kier alpha value is -1.99. The summed E-state index contributed by atoms with van der Waals surface area (Å²) in [5.41, 5.74) is 21.5. The van der Waals surface area contributed by atoms with Crippen LogP contribution in [0.3, 0.4) is 0 Å². The van der Waals surface area contributed by atoms with E-state index < -0.39 is 0 Å². The van der Waals surface area contributed by atoms with Crippen molar-refractivity contribution in [1.82, 2.24) is 0 Å². The van der Waals surface area contributed by atoms with Gasteiger partial charge in [0.1, 0.15) is 0 Å². The van der Waals surface area contributed by atoms with Crippen LogP contribution in [0.15, 0.2) is 59.7 Å². The number of unbranched alkanes of at least 4 members (excludes halogenated alkanes) is 11. The summed E-state index contributed by atoms with van der Waals surface area (Å²) in [5, 5.41) is 0. The van der Waals surface area contributed by atoms with Gasteiger partial charge in [-0.1, -0.05) is 136 Å². The van der Waals surface area contributed by atoms with Crippen LogP contribution in [0.4, 0.5) is 0 Å². The van der Waals surface area contributed by atoms with Crippen LogP contribution in [0.25, 0.3) is 16.9 Å². The van der Waals surface area contributed by atoms with E-state index >= 15 is 0 Å². The van der Waals surface area contributed by atoms with Crippen molar-refractivity contribution in [2.45, 2.75) is 170 Å². The second-order valence-corrected chi connectivity index (χ2v) is 12.9. The van der Waals surface area contributed by atoms with Crippen molar-refractivity contribution in [2.75, 3.05) is 0 Å². The Bertz CT molecular complexity index is 1150. The molecule has 0 aromatic heterocycles. The van der Waals surface area contributed by atoms with Gasteiger partial charge in [0.25, 0.3) is 0 Å². The second-order valence-electron chi connectivity index (χ2n) is 12.9. The molecule has 1 heterocycles. The van der Waals surface area contributed by atoms with E-state index in [9.17, 15) is 5.53 Å². The Labute approximate surface area is 302 Å². The molecule has 266 valence electrons. The van der Waals surface area contributed by atoms with E-state index in [-0.39, 0.29) is 16.5 Å². The summed E-state index contributed by atoms with van der Waals surface area (Å²) >= 11 is 0. The van der Waals surface area contributed by atoms with Gasteiger partial charge in [-0.15, -0.1) is 0 Å². The van der Waals surface area contributed by atoms with Crippen molar-refractivity contribution in [2.24, 2.45) is 0 Å². The van der Waals surface area contributed by atoms with E-state index in [4.69, 9.17) is 0 Å². The fraction of sp³-hybridized carbons (Fsp3) is 0.591. The molecule has 0 bridgehead atoms. The molecule has 0 spiro atoms. The summed E-state index contributed by atoms with van der Waals surface area (Å²) in [6, 6.07) is 17.7. The molecule has 47 heavy (non-hydrogen) atoms. The normalized spacial score (nSPS) is 12.4. The van der Waals surface area contributed by atoms with Crippen LogP contribution in [-0.2, 0) is 29.3 Å². The first-order chi connectivity index (χ1) is 22.5. The first kappa shape index (κ1) is 45.0. The van der Waals surface area contributed by atoms with E-state index in [0.717, 1.165) is 86.7 Å². The number of hydrogen-bond donors (Lipinski definition) is 0. The van der Waals surface area contributed by atoms with E-state index in [1.807, 2.05) is 0 Å². The van der Waals surface area contributed by atoms with Gasteiger partial charge < -0.3 is 19.4 Å². The third-order valence-electron chi connectivity index (χ3n) is 8.76. The van der Waals surface area contributed by atoms with Gasteiger partial charge in [-0.05, 0) is 80.3 Å². The number of benzene rings is 2. The van der Waals surface area contributed by atoms with Crippen LogP contribution in [0.2, 0.25) is 0 Å². The number of allylic oxidation sites excluding steroid dienone is 2. The van der Waals surface area contributed by atoms with E-state index in [0.29, 0.717) is 0 Å². The molecule has 0 saturated carbocycles. The van der Waals surface area contributed by atoms with Crippen molar-refractivity contribution >= 4 is 11.4 Å². The number of nitrogens with zero attached hydrogens (tertiary/aromatic N) is 2. The number of aryl methyl sites for hydroxylation is 2. The van der Waals surface area contributed by atoms with Crippen molar-refractivity contribution < 1.29 is 21.2 Å². The average molecular weight is 686 g/mol. The molecule has 2 nitrogen and oxygen atoms in total. The smallest absolute Gasteiger partial charge is 0.493 e. The van der Waals surface area contributed by atoms with Crippen molar-refractivity contribution in [3.63, 3.8) is 0 Å². The summed E-state index contributed by atoms with van der Waals surface area (Å²) in [7, 11) is 0. The molecular weight excluding hydrogens is 615 g/mol. The Balaban J connectivity index is 0.00000168. The maximum atomic E-state index is 11.8. The standard InChI is InChI=1S/C34H48N2.2C5H11.Ni/c1-5-9-12-13-14-15-18-28-20-17-22-30(26-28)34-32(24-11-7-3)31(23-10-6-2)33(36(34)35)29-21-16-19-27(8-4)25-29;2*1-3-5-4-2;/h16-17,19-22,25-26H,5-15,18,23-24H2,1-4H3;2*1,3-5H2,2H3;/q;2*-1;+2. The Morgan fingerprint density at radius 2 is 0.936 bits per heavy atom. The van der Waals surface area contributed by atoms with Gasteiger partial charge in [-0.25, -0.2) is 4.70 Å². The topological polar surface area (TPSA) is 25.3 Å². The van der Waals surface area contributed by atoms with Crippen molar-refractivity contribution in [1.29, 1.82) is 0 Å². The molecule has 2 aromatic rings. The molecule has 2 aromatic carbocycles. The Morgan fingerprint density at radius 1 is 0.511 bits per heavy atom. The van der Waals surface area contributed by atoms with Crippen molar-refractivity contribution in [3.8, 4) is 0 Å².